The van der Waals surface area contributed by atoms with Gasteiger partial charge in [0.15, 0.2) is 5.84 Å². The monoisotopic (exact) mass is 244 g/mol. The fourth-order valence-corrected chi connectivity index (χ4v) is 1.93. The maximum Gasteiger partial charge on any atom is 0.167 e. The molecule has 2 rings (SSSR count). The number of hydrazone groups is 1. The first-order chi connectivity index (χ1) is 8.60. The van der Waals surface area contributed by atoms with Crippen LogP contribution in [0.3, 0.4) is 0 Å². The molecule has 0 radical (unpaired) electrons. The highest BCUT2D eigenvalue weighted by molar-refractivity contribution is 5.98. The van der Waals surface area contributed by atoms with Gasteiger partial charge in [-0.3, -0.25) is 10.4 Å². The average molecular weight is 244 g/mol. The molecule has 4 heteroatoms. The van der Waals surface area contributed by atoms with Crippen molar-refractivity contribution in [1.29, 1.82) is 0 Å². The summed E-state index contributed by atoms with van der Waals surface area (Å²) < 4.78 is 0. The van der Waals surface area contributed by atoms with E-state index in [0.717, 1.165) is 18.1 Å². The summed E-state index contributed by atoms with van der Waals surface area (Å²) in [5.74, 6) is 0.885. The second kappa shape index (κ2) is 5.23. The smallest absolute Gasteiger partial charge is 0.167 e. The predicted octanol–water partition coefficient (Wildman–Crippen LogP) is 2.11. The highest BCUT2D eigenvalue weighted by Gasteiger charge is 2.13. The Morgan fingerprint density at radius 1 is 1.28 bits per heavy atom. The third-order valence-corrected chi connectivity index (χ3v) is 3.03. The lowest BCUT2D eigenvalue weighted by molar-refractivity contribution is 0.141. The largest absolute Gasteiger partial charge is 0.300 e. The lowest BCUT2D eigenvalue weighted by Crippen LogP contribution is -2.49. The van der Waals surface area contributed by atoms with Crippen LogP contribution in [0, 0.1) is 0 Å². The quantitative estimate of drug-likeness (QED) is 0.864. The molecule has 0 bridgehead atoms. The van der Waals surface area contributed by atoms with Crippen molar-refractivity contribution >= 4 is 11.4 Å². The predicted molar refractivity (Wildman–Crippen MR) is 75.8 cm³/mol. The molecule has 0 unspecified atom stereocenters. The SMILES string of the molecule is C/C=C(/C)c1ccc(C2=NN(C)CN(C)N2)cc1. The van der Waals surface area contributed by atoms with E-state index in [9.17, 15) is 0 Å². The third kappa shape index (κ3) is 2.71. The van der Waals surface area contributed by atoms with Gasteiger partial charge in [0.05, 0.1) is 0 Å². The van der Waals surface area contributed by atoms with Gasteiger partial charge in [-0.1, -0.05) is 30.3 Å². The summed E-state index contributed by atoms with van der Waals surface area (Å²) in [5, 5.41) is 8.40. The summed E-state index contributed by atoms with van der Waals surface area (Å²) in [6, 6.07) is 8.45. The van der Waals surface area contributed by atoms with Crippen LogP contribution in [0.5, 0.6) is 0 Å². The lowest BCUT2D eigenvalue weighted by atomic mass is 10.1. The van der Waals surface area contributed by atoms with Crippen molar-refractivity contribution in [3.63, 3.8) is 0 Å². The van der Waals surface area contributed by atoms with Crippen molar-refractivity contribution in [2.75, 3.05) is 20.8 Å². The van der Waals surface area contributed by atoms with Gasteiger partial charge in [0.2, 0.25) is 0 Å². The van der Waals surface area contributed by atoms with Crippen molar-refractivity contribution in [2.45, 2.75) is 13.8 Å². The second-order valence-corrected chi connectivity index (χ2v) is 4.61. The van der Waals surface area contributed by atoms with Crippen LogP contribution in [0.25, 0.3) is 5.57 Å². The Morgan fingerprint density at radius 3 is 2.50 bits per heavy atom. The van der Waals surface area contributed by atoms with E-state index in [2.05, 4.69) is 54.7 Å². The average Bonchev–Trinajstić information content (AvgIpc) is 2.37. The molecule has 0 saturated carbocycles. The maximum absolute atomic E-state index is 4.48. The normalized spacial score (nSPS) is 17.4. The number of benzene rings is 1. The van der Waals surface area contributed by atoms with Crippen molar-refractivity contribution in [2.24, 2.45) is 5.10 Å². The second-order valence-electron chi connectivity index (χ2n) is 4.61. The van der Waals surface area contributed by atoms with Crippen molar-refractivity contribution in [3.8, 4) is 0 Å². The molecule has 0 aliphatic carbocycles. The minimum atomic E-state index is 0.777. The van der Waals surface area contributed by atoms with Crippen LogP contribution >= 0.6 is 0 Å². The molecule has 1 heterocycles. The Labute approximate surface area is 109 Å². The van der Waals surface area contributed by atoms with Crippen LogP contribution in [0.1, 0.15) is 25.0 Å². The molecule has 1 N–H and O–H groups in total. The van der Waals surface area contributed by atoms with Gasteiger partial charge in [0.1, 0.15) is 6.67 Å². The summed E-state index contributed by atoms with van der Waals surface area (Å²) >= 11 is 0. The number of hydrogen-bond acceptors (Lipinski definition) is 4. The fourth-order valence-electron chi connectivity index (χ4n) is 1.93. The molecule has 4 nitrogen and oxygen atoms in total. The van der Waals surface area contributed by atoms with E-state index in [1.807, 2.05) is 24.1 Å². The summed E-state index contributed by atoms with van der Waals surface area (Å²) in [6.45, 7) is 4.95. The Balaban J connectivity index is 2.24. The van der Waals surface area contributed by atoms with E-state index < -0.39 is 0 Å². The Morgan fingerprint density at radius 2 is 1.94 bits per heavy atom. The molecule has 1 aromatic carbocycles. The molecule has 0 aromatic heterocycles. The van der Waals surface area contributed by atoms with E-state index in [4.69, 9.17) is 0 Å². The number of hydrogen-bond donors (Lipinski definition) is 1. The number of amidine groups is 1. The fraction of sp³-hybridized carbons (Fsp3) is 0.357. The Hall–Kier alpha value is -1.81. The first-order valence-electron chi connectivity index (χ1n) is 6.11. The van der Waals surface area contributed by atoms with Crippen molar-refractivity contribution in [3.05, 3.63) is 41.5 Å². The first kappa shape index (κ1) is 12.6. The summed E-state index contributed by atoms with van der Waals surface area (Å²) in [6.07, 6.45) is 2.12. The number of nitrogens with one attached hydrogen (secondary N) is 1. The minimum Gasteiger partial charge on any atom is -0.300 e. The summed E-state index contributed by atoms with van der Waals surface area (Å²) in [4.78, 5) is 0. The zero-order valence-corrected chi connectivity index (χ0v) is 11.4. The third-order valence-electron chi connectivity index (χ3n) is 3.03. The van der Waals surface area contributed by atoms with Crippen LogP contribution in [0.2, 0.25) is 0 Å². The van der Waals surface area contributed by atoms with Gasteiger partial charge in [0, 0.05) is 19.7 Å². The van der Waals surface area contributed by atoms with E-state index >= 15 is 0 Å². The Kier molecular flexibility index (Phi) is 3.67. The van der Waals surface area contributed by atoms with Gasteiger partial charge in [-0.25, -0.2) is 5.01 Å². The molecule has 1 aromatic rings. The van der Waals surface area contributed by atoms with Crippen LogP contribution in [0.4, 0.5) is 0 Å². The summed E-state index contributed by atoms with van der Waals surface area (Å²) in [7, 11) is 3.97. The van der Waals surface area contributed by atoms with E-state index in [1.54, 1.807) is 0 Å². The number of nitrogens with zero attached hydrogens (tertiary/aromatic N) is 3. The van der Waals surface area contributed by atoms with Gasteiger partial charge < -0.3 is 0 Å². The molecular formula is C14H20N4. The first-order valence-corrected chi connectivity index (χ1v) is 6.11. The molecule has 18 heavy (non-hydrogen) atoms. The van der Waals surface area contributed by atoms with E-state index in [0.29, 0.717) is 0 Å². The topological polar surface area (TPSA) is 30.9 Å². The highest BCUT2D eigenvalue weighted by atomic mass is 15.7. The van der Waals surface area contributed by atoms with Gasteiger partial charge in [0.25, 0.3) is 0 Å². The van der Waals surface area contributed by atoms with Crippen LogP contribution in [-0.2, 0) is 0 Å². The maximum atomic E-state index is 4.48. The van der Waals surface area contributed by atoms with Crippen molar-refractivity contribution < 1.29 is 0 Å². The molecule has 0 atom stereocenters. The highest BCUT2D eigenvalue weighted by Crippen LogP contribution is 2.15. The standard InChI is InChI=1S/C14H20N4/c1-5-11(2)12-6-8-13(9-7-12)14-15-17(3)10-18(4)16-14/h5-9H,10H2,1-4H3,(H,15,16)/b11-5-. The number of hydrazine groups is 1. The minimum absolute atomic E-state index is 0.777. The lowest BCUT2D eigenvalue weighted by Gasteiger charge is -2.30. The molecule has 96 valence electrons. The molecule has 0 fully saturated rings. The van der Waals surface area contributed by atoms with E-state index in [-0.39, 0.29) is 0 Å². The Bertz CT molecular complexity index is 473. The molecule has 1 aliphatic heterocycles. The van der Waals surface area contributed by atoms with Crippen LogP contribution < -0.4 is 5.43 Å². The van der Waals surface area contributed by atoms with Gasteiger partial charge in [-0.2, -0.15) is 5.10 Å². The molecule has 1 aliphatic rings. The summed E-state index contributed by atoms with van der Waals surface area (Å²) in [5.41, 5.74) is 6.89. The van der Waals surface area contributed by atoms with Crippen LogP contribution in [-0.4, -0.2) is 36.6 Å². The van der Waals surface area contributed by atoms with Crippen molar-refractivity contribution in [1.82, 2.24) is 15.4 Å². The molecular weight excluding hydrogens is 224 g/mol. The molecule has 0 saturated heterocycles. The van der Waals surface area contributed by atoms with Gasteiger partial charge in [-0.15, -0.1) is 0 Å². The molecule has 0 amide bonds. The number of allylic oxidation sites excluding steroid dienone is 2. The van der Waals surface area contributed by atoms with Gasteiger partial charge in [-0.05, 0) is 25.0 Å². The molecule has 0 spiro atoms. The zero-order valence-electron chi connectivity index (χ0n) is 11.4. The number of rotatable bonds is 2. The zero-order chi connectivity index (χ0) is 13.1. The van der Waals surface area contributed by atoms with E-state index in [1.165, 1.54) is 11.1 Å². The van der Waals surface area contributed by atoms with Crippen LogP contribution in [0.15, 0.2) is 35.4 Å². The van der Waals surface area contributed by atoms with Gasteiger partial charge >= 0.3 is 0 Å².